The lowest BCUT2D eigenvalue weighted by Gasteiger charge is -2.47. The number of nitrogens with one attached hydrogen (secondary N) is 9. The lowest BCUT2D eigenvalue weighted by molar-refractivity contribution is -0.144. The van der Waals surface area contributed by atoms with Crippen molar-refractivity contribution in [2.45, 2.75) is 290 Å². The maximum absolute atomic E-state index is 12.2. The number of carbonyl (C=O) groups is 7. The number of rotatable bonds is 30. The standard InChI is InChI=1S/C24H33N3O2.C21H28N2OS.2C20H27N3O.2C20H26N2O2/c1-3-10-27-15-17(13-26-23(29)9-4-6-16(2)28)11-20-19-7-5-8-21-24(19)18(14-25-21)12-22(20)27;1-3-7-23-11-15(13-25-12-14(2)24)8-18-17-5-4-6-19-21(17)16(10-22-19)9-20(18)23;2*1-3-7-23-12-14(10-21-13(2)24)8-17-16-5-4-6-18-20(16)15(11-22-18)9-19(17)23;2*1-3-7-22-11-14(12-24-13(2)23)8-17-16-5-4-6-18-20(16)15(10-21-18)9-19(17)22/h5,7-8,14,17,20,22,25H,3-4,6,9-13,15H2,1-2H3,(H,26,29);4-6,10,15,18,20,22H,3,7-9,11-13H2,1-2H3;2*4-6,11,14,17,19,22H,3,7-10,12H2,1-2H3,(H,21,24);2*4-6,10,14,17,19,21H,3,7-9,11-12H2,1-2H3/t17-,20+,22+;15-,18-,20-;2*14-,17+,19+;2*14-,17-,19-/m010011/s1. The van der Waals surface area contributed by atoms with Crippen LogP contribution in [0.3, 0.4) is 0 Å². The third-order valence-corrected chi connectivity index (χ3v) is 36.9. The maximum Gasteiger partial charge on any atom is 0.302 e. The fourth-order valence-electron chi connectivity index (χ4n) is 29.7. The molecule has 24 rings (SSSR count). The number of nitrogens with zero attached hydrogens (tertiary/aromatic N) is 6. The summed E-state index contributed by atoms with van der Waals surface area (Å²) in [5.74, 6) is 8.62. The Balaban J connectivity index is 0.000000113. The molecule has 12 aromatic rings. The van der Waals surface area contributed by atoms with Crippen LogP contribution in [0, 0.1) is 35.5 Å². The molecular formula is C125H167N15O9S. The number of aromatic nitrogens is 6. The molecule has 12 heterocycles. The van der Waals surface area contributed by atoms with Crippen LogP contribution in [-0.4, -0.2) is 260 Å². The Morgan fingerprint density at radius 1 is 0.307 bits per heavy atom. The van der Waals surface area contributed by atoms with Crippen molar-refractivity contribution >= 4 is 118 Å². The van der Waals surface area contributed by atoms with Gasteiger partial charge < -0.3 is 60.1 Å². The SMILES string of the molecule is CCCN1C[C@H](CNC(=O)CCCC(C)=O)C[C@@H]2c3cccc4[nH]cc(c34)C[C@H]21.CCCN1C[C@H](CNC(C)=O)C[C@@H]2c3cccc4[nH]cc(c34)C[C@H]21.CCCN1C[C@H](CNC(C)=O)C[C@@H]2c3cccc4[nH]cc(c34)C[C@H]21.CCCN1C[C@H](COC(C)=O)C[C@@H]2c3cccc4[nH]cc(c34)C[C@H]21.CCCN1C[C@H](COC(C)=O)C[C@@H]2c3cccc4[nH]cc(c34)C[C@H]21.CCCN1C[C@H](CSCC(C)=O)C[C@@H]2c3cccc4[nH]cc(c34)C[C@H]21. The van der Waals surface area contributed by atoms with Gasteiger partial charge in [0.2, 0.25) is 17.7 Å². The molecule has 25 heteroatoms. The van der Waals surface area contributed by atoms with Gasteiger partial charge in [0.15, 0.2) is 0 Å². The van der Waals surface area contributed by atoms with Crippen molar-refractivity contribution in [3.63, 3.8) is 0 Å². The molecule has 18 atom stereocenters. The van der Waals surface area contributed by atoms with Crippen LogP contribution in [0.5, 0.6) is 0 Å². The molecule has 150 heavy (non-hydrogen) atoms. The maximum atomic E-state index is 12.2. The Bertz CT molecular complexity index is 6190. The number of aromatic amines is 6. The average molecular weight is 2060 g/mol. The number of fused-ring (bicyclic) bond motifs is 12. The van der Waals surface area contributed by atoms with Crippen molar-refractivity contribution in [2.24, 2.45) is 35.5 Å². The predicted molar refractivity (Wildman–Crippen MR) is 607 cm³/mol. The van der Waals surface area contributed by atoms with Gasteiger partial charge in [-0.05, 0) is 308 Å². The van der Waals surface area contributed by atoms with Gasteiger partial charge in [0, 0.05) is 286 Å². The number of Topliss-reactive ketones (excluding diaryl/α,β-unsaturated/α-hetero) is 2. The van der Waals surface area contributed by atoms with E-state index in [0.717, 1.165) is 161 Å². The number of amides is 3. The molecule has 0 saturated carbocycles. The van der Waals surface area contributed by atoms with Crippen molar-refractivity contribution in [1.29, 1.82) is 0 Å². The summed E-state index contributed by atoms with van der Waals surface area (Å²) in [5, 5.41) is 17.9. The van der Waals surface area contributed by atoms with Crippen LogP contribution in [-0.2, 0) is 81.6 Å². The molecule has 12 aliphatic rings. The molecule has 6 saturated heterocycles. The van der Waals surface area contributed by atoms with E-state index >= 15 is 0 Å². The minimum atomic E-state index is -0.169. The largest absolute Gasteiger partial charge is 0.466 e. The van der Waals surface area contributed by atoms with Crippen LogP contribution in [0.2, 0.25) is 0 Å². The first kappa shape index (κ1) is 108. The van der Waals surface area contributed by atoms with E-state index in [-0.39, 0.29) is 35.4 Å². The molecule has 3 amide bonds. The summed E-state index contributed by atoms with van der Waals surface area (Å²) in [5.41, 5.74) is 25.4. The van der Waals surface area contributed by atoms with Crippen LogP contribution in [0.25, 0.3) is 65.4 Å². The normalized spacial score (nSPS) is 25.8. The van der Waals surface area contributed by atoms with E-state index in [1.807, 2.05) is 11.8 Å². The molecule has 6 aromatic heterocycles. The molecular weight excluding hydrogens is 1890 g/mol. The zero-order chi connectivity index (χ0) is 104. The highest BCUT2D eigenvalue weighted by Crippen LogP contribution is 2.53. The summed E-state index contributed by atoms with van der Waals surface area (Å²) in [4.78, 5) is 116. The molecule has 0 unspecified atom stereocenters. The highest BCUT2D eigenvalue weighted by Gasteiger charge is 2.48. The number of benzene rings is 6. The molecule has 9 N–H and O–H groups in total. The number of H-pyrrole nitrogens is 6. The first-order valence-corrected chi connectivity index (χ1v) is 58.6. The van der Waals surface area contributed by atoms with E-state index in [9.17, 15) is 33.6 Å². The minimum absolute atomic E-state index is 0.0779. The number of hydrogen-bond donors (Lipinski definition) is 9. The van der Waals surface area contributed by atoms with Crippen molar-refractivity contribution in [1.82, 2.24) is 75.3 Å². The van der Waals surface area contributed by atoms with Crippen LogP contribution >= 0.6 is 11.8 Å². The van der Waals surface area contributed by atoms with Gasteiger partial charge in [0.1, 0.15) is 11.6 Å². The highest BCUT2D eigenvalue weighted by molar-refractivity contribution is 7.99. The molecule has 6 aliphatic carbocycles. The van der Waals surface area contributed by atoms with Gasteiger partial charge in [-0.25, -0.2) is 0 Å². The number of hydrogen-bond acceptors (Lipinski definition) is 16. The molecule has 6 fully saturated rings. The molecule has 6 aliphatic heterocycles. The summed E-state index contributed by atoms with van der Waals surface area (Å²) in [7, 11) is 0. The first-order chi connectivity index (χ1) is 72.9. The Morgan fingerprint density at radius 2 is 0.547 bits per heavy atom. The zero-order valence-corrected chi connectivity index (χ0v) is 92.1. The lowest BCUT2D eigenvalue weighted by Crippen LogP contribution is -2.52. The Labute approximate surface area is 892 Å². The van der Waals surface area contributed by atoms with E-state index in [2.05, 4.69) is 263 Å². The molecule has 6 aromatic carbocycles. The van der Waals surface area contributed by atoms with Crippen LogP contribution in [0.4, 0.5) is 0 Å². The molecule has 802 valence electrons. The summed E-state index contributed by atoms with van der Waals surface area (Å²) >= 11 is 1.82. The smallest absolute Gasteiger partial charge is 0.302 e. The Hall–Kier alpha value is -10.6. The number of likely N-dealkylation sites (tertiary alicyclic amines) is 6. The number of ether oxygens (including phenoxy) is 2. The van der Waals surface area contributed by atoms with Crippen molar-refractivity contribution < 1.29 is 43.0 Å². The van der Waals surface area contributed by atoms with E-state index in [4.69, 9.17) is 9.47 Å². The number of esters is 2. The Kier molecular flexibility index (Phi) is 35.3. The van der Waals surface area contributed by atoms with Crippen LogP contribution in [0.1, 0.15) is 282 Å². The molecule has 0 spiro atoms. The first-order valence-electron chi connectivity index (χ1n) is 57.5. The molecule has 0 bridgehead atoms. The van der Waals surface area contributed by atoms with Gasteiger partial charge in [0.25, 0.3) is 0 Å². The summed E-state index contributed by atoms with van der Waals surface area (Å²) in [6.07, 6.45) is 35.7. The second-order valence-electron chi connectivity index (χ2n) is 46.4. The minimum Gasteiger partial charge on any atom is -0.466 e. The predicted octanol–water partition coefficient (Wildman–Crippen LogP) is 21.0. The fourth-order valence-corrected chi connectivity index (χ4v) is 30.7. The summed E-state index contributed by atoms with van der Waals surface area (Å²) in [6.45, 7) is 39.9. The third kappa shape index (κ3) is 24.0. The van der Waals surface area contributed by atoms with E-state index in [0.29, 0.717) is 151 Å². The van der Waals surface area contributed by atoms with Gasteiger partial charge in [-0.2, -0.15) is 11.8 Å². The monoisotopic (exact) mass is 2050 g/mol. The Morgan fingerprint density at radius 3 is 0.787 bits per heavy atom. The van der Waals surface area contributed by atoms with E-state index in [1.165, 1.54) is 198 Å². The van der Waals surface area contributed by atoms with E-state index < -0.39 is 0 Å². The average Bonchev–Trinajstić information content (AvgIpc) is 1.60. The zero-order valence-electron chi connectivity index (χ0n) is 91.3. The number of ketones is 2. The second-order valence-corrected chi connectivity index (χ2v) is 47.4. The summed E-state index contributed by atoms with van der Waals surface area (Å²) in [6, 6.07) is 43.6. The van der Waals surface area contributed by atoms with Crippen molar-refractivity contribution in [3.05, 3.63) is 213 Å². The highest BCUT2D eigenvalue weighted by atomic mass is 32.2. The quantitative estimate of drug-likeness (QED) is 0.0189. The second kappa shape index (κ2) is 49.2. The van der Waals surface area contributed by atoms with Gasteiger partial charge in [-0.15, -0.1) is 0 Å². The van der Waals surface area contributed by atoms with Crippen LogP contribution < -0.4 is 16.0 Å². The molecule has 24 nitrogen and oxygen atoms in total. The van der Waals surface area contributed by atoms with Gasteiger partial charge >= 0.3 is 11.9 Å². The van der Waals surface area contributed by atoms with Gasteiger partial charge in [-0.1, -0.05) is 114 Å². The topological polar surface area (TPSA) is 288 Å². The fraction of sp³-hybridized carbons (Fsp3) is 0.560. The molecule has 0 radical (unpaired) electrons. The third-order valence-electron chi connectivity index (χ3n) is 35.5. The number of thioether (sulfide) groups is 1. The van der Waals surface area contributed by atoms with E-state index in [1.54, 1.807) is 33.3 Å². The lowest BCUT2D eigenvalue weighted by atomic mass is 9.72. The number of carbonyl (C=O) groups excluding carboxylic acids is 7. The number of piperidine rings is 6. The summed E-state index contributed by atoms with van der Waals surface area (Å²) < 4.78 is 10.7. The van der Waals surface area contributed by atoms with Crippen molar-refractivity contribution in [2.75, 3.05) is 123 Å². The van der Waals surface area contributed by atoms with Gasteiger partial charge in [0.05, 0.1) is 19.0 Å². The van der Waals surface area contributed by atoms with Crippen molar-refractivity contribution in [3.8, 4) is 0 Å². The van der Waals surface area contributed by atoms with Crippen LogP contribution in [0.15, 0.2) is 146 Å². The van der Waals surface area contributed by atoms with Gasteiger partial charge in [-0.3, -0.25) is 58.2 Å².